The van der Waals surface area contributed by atoms with Gasteiger partial charge in [-0.3, -0.25) is 9.59 Å². The van der Waals surface area contributed by atoms with E-state index >= 15 is 0 Å². The first-order valence-corrected chi connectivity index (χ1v) is 7.12. The van der Waals surface area contributed by atoms with Crippen LogP contribution in [-0.4, -0.2) is 59.0 Å². The van der Waals surface area contributed by atoms with E-state index in [2.05, 4.69) is 0 Å². The summed E-state index contributed by atoms with van der Waals surface area (Å²) in [5.41, 5.74) is -0.417. The summed E-state index contributed by atoms with van der Waals surface area (Å²) in [5.74, 6) is 0.159. The summed E-state index contributed by atoms with van der Waals surface area (Å²) < 4.78 is 5.66. The van der Waals surface area contributed by atoms with Crippen LogP contribution >= 0.6 is 0 Å². The van der Waals surface area contributed by atoms with Gasteiger partial charge in [-0.05, 0) is 40.5 Å². The lowest BCUT2D eigenvalue weighted by Crippen LogP contribution is -2.64. The Morgan fingerprint density at radius 3 is 2.63 bits per heavy atom. The van der Waals surface area contributed by atoms with Crippen molar-refractivity contribution in [2.24, 2.45) is 0 Å². The van der Waals surface area contributed by atoms with Gasteiger partial charge in [0, 0.05) is 13.2 Å². The number of piperazine rings is 1. The molecule has 0 bridgehead atoms. The molecule has 0 aromatic heterocycles. The molecule has 0 N–H and O–H groups in total. The highest BCUT2D eigenvalue weighted by Crippen LogP contribution is 2.28. The van der Waals surface area contributed by atoms with Gasteiger partial charge in [-0.2, -0.15) is 0 Å². The molecular formula is C14H24N2O3. The summed E-state index contributed by atoms with van der Waals surface area (Å²) in [4.78, 5) is 28.3. The quantitative estimate of drug-likeness (QED) is 0.765. The number of carbonyl (C=O) groups is 2. The van der Waals surface area contributed by atoms with Crippen LogP contribution < -0.4 is 0 Å². The van der Waals surface area contributed by atoms with E-state index in [4.69, 9.17) is 4.74 Å². The third-order valence-electron chi connectivity index (χ3n) is 4.02. The Bertz CT molecular complexity index is 381. The summed E-state index contributed by atoms with van der Waals surface area (Å²) in [6, 6.07) is -0.609. The molecule has 2 rings (SSSR count). The second kappa shape index (κ2) is 5.12. The van der Waals surface area contributed by atoms with Crippen molar-refractivity contribution in [2.75, 3.05) is 19.7 Å². The summed E-state index contributed by atoms with van der Waals surface area (Å²) >= 11 is 0. The van der Waals surface area contributed by atoms with Crippen LogP contribution in [0.25, 0.3) is 0 Å². The zero-order chi connectivity index (χ0) is 14.2. The lowest BCUT2D eigenvalue weighted by Gasteiger charge is -2.43. The number of fused-ring (bicyclic) bond motifs is 1. The van der Waals surface area contributed by atoms with Gasteiger partial charge in [0.2, 0.25) is 11.8 Å². The first-order chi connectivity index (χ1) is 8.87. The maximum absolute atomic E-state index is 12.5. The Labute approximate surface area is 114 Å². The van der Waals surface area contributed by atoms with Crippen molar-refractivity contribution in [3.05, 3.63) is 0 Å². The molecule has 2 aliphatic heterocycles. The van der Waals surface area contributed by atoms with Crippen LogP contribution in [0.2, 0.25) is 0 Å². The molecule has 2 amide bonds. The average molecular weight is 268 g/mol. The largest absolute Gasteiger partial charge is 0.374 e. The van der Waals surface area contributed by atoms with E-state index in [0.29, 0.717) is 13.2 Å². The molecule has 5 heteroatoms. The molecule has 19 heavy (non-hydrogen) atoms. The maximum atomic E-state index is 12.5. The minimum Gasteiger partial charge on any atom is -0.374 e. The number of hydrogen-bond donors (Lipinski definition) is 0. The Hall–Kier alpha value is -1.10. The van der Waals surface area contributed by atoms with Crippen molar-refractivity contribution in [3.8, 4) is 0 Å². The number of nitrogens with zero attached hydrogens (tertiary/aromatic N) is 2. The lowest BCUT2D eigenvalue weighted by atomic mass is 10.0. The molecule has 0 aromatic carbocycles. The molecule has 5 nitrogen and oxygen atoms in total. The van der Waals surface area contributed by atoms with Gasteiger partial charge in [0.1, 0.15) is 12.1 Å². The van der Waals surface area contributed by atoms with Crippen LogP contribution in [0.5, 0.6) is 0 Å². The zero-order valence-corrected chi connectivity index (χ0v) is 12.3. The first-order valence-electron chi connectivity index (χ1n) is 7.12. The molecule has 0 aliphatic carbocycles. The first kappa shape index (κ1) is 14.3. The van der Waals surface area contributed by atoms with Gasteiger partial charge >= 0.3 is 0 Å². The van der Waals surface area contributed by atoms with Crippen LogP contribution in [0.1, 0.15) is 40.5 Å². The van der Waals surface area contributed by atoms with Crippen LogP contribution in [0.4, 0.5) is 0 Å². The van der Waals surface area contributed by atoms with E-state index in [0.717, 1.165) is 19.4 Å². The Kier molecular flexibility index (Phi) is 3.85. The number of hydrogen-bond acceptors (Lipinski definition) is 3. The van der Waals surface area contributed by atoms with Crippen molar-refractivity contribution >= 4 is 11.8 Å². The maximum Gasteiger partial charge on any atom is 0.246 e. The summed E-state index contributed by atoms with van der Waals surface area (Å²) in [7, 11) is 0. The third-order valence-corrected chi connectivity index (χ3v) is 4.02. The van der Waals surface area contributed by atoms with Gasteiger partial charge in [0.25, 0.3) is 0 Å². The number of rotatable bonds is 4. The Morgan fingerprint density at radius 2 is 2.00 bits per heavy atom. The fourth-order valence-electron chi connectivity index (χ4n) is 3.10. The van der Waals surface area contributed by atoms with Crippen LogP contribution in [0.15, 0.2) is 0 Å². The molecule has 0 aromatic rings. The van der Waals surface area contributed by atoms with Gasteiger partial charge in [0.15, 0.2) is 0 Å². The average Bonchev–Trinajstić information content (AvgIpc) is 2.81. The highest BCUT2D eigenvalue weighted by Gasteiger charge is 2.47. The normalized spacial score (nSPS) is 28.0. The van der Waals surface area contributed by atoms with Crippen molar-refractivity contribution in [1.29, 1.82) is 0 Å². The number of ether oxygens (including phenoxy) is 1. The number of carbonyl (C=O) groups excluding carboxylic acids is 2. The van der Waals surface area contributed by atoms with Gasteiger partial charge in [-0.25, -0.2) is 0 Å². The van der Waals surface area contributed by atoms with E-state index in [1.807, 2.05) is 27.7 Å². The van der Waals surface area contributed by atoms with E-state index in [1.165, 1.54) is 0 Å². The zero-order valence-electron chi connectivity index (χ0n) is 12.3. The third kappa shape index (κ3) is 2.61. The highest BCUT2D eigenvalue weighted by molar-refractivity contribution is 5.97. The van der Waals surface area contributed by atoms with Crippen molar-refractivity contribution in [1.82, 2.24) is 9.80 Å². The molecule has 2 fully saturated rings. The lowest BCUT2D eigenvalue weighted by molar-refractivity contribution is -0.162. The Morgan fingerprint density at radius 1 is 1.32 bits per heavy atom. The molecule has 2 atom stereocenters. The Balaban J connectivity index is 2.15. The van der Waals surface area contributed by atoms with E-state index in [-0.39, 0.29) is 23.9 Å². The van der Waals surface area contributed by atoms with Gasteiger partial charge in [-0.1, -0.05) is 0 Å². The van der Waals surface area contributed by atoms with Crippen LogP contribution in [0.3, 0.4) is 0 Å². The predicted octanol–water partition coefficient (Wildman–Crippen LogP) is 1.02. The van der Waals surface area contributed by atoms with Gasteiger partial charge < -0.3 is 14.5 Å². The van der Waals surface area contributed by atoms with Crippen molar-refractivity contribution < 1.29 is 14.3 Å². The fourth-order valence-corrected chi connectivity index (χ4v) is 3.10. The minimum absolute atomic E-state index is 0.0781. The second-order valence-corrected chi connectivity index (χ2v) is 6.02. The smallest absolute Gasteiger partial charge is 0.246 e. The van der Waals surface area contributed by atoms with Gasteiger partial charge in [0.05, 0.1) is 12.1 Å². The molecule has 0 saturated carbocycles. The van der Waals surface area contributed by atoms with Gasteiger partial charge in [-0.15, -0.1) is 0 Å². The van der Waals surface area contributed by atoms with E-state index in [1.54, 1.807) is 9.80 Å². The monoisotopic (exact) mass is 268 g/mol. The summed E-state index contributed by atoms with van der Waals surface area (Å²) in [6.07, 6.45) is 1.72. The molecule has 0 radical (unpaired) electrons. The molecule has 0 spiro atoms. The van der Waals surface area contributed by atoms with Crippen molar-refractivity contribution in [2.45, 2.75) is 58.2 Å². The molecular weight excluding hydrogens is 244 g/mol. The highest BCUT2D eigenvalue weighted by atomic mass is 16.5. The predicted molar refractivity (Wildman–Crippen MR) is 71.6 cm³/mol. The fraction of sp³-hybridized carbons (Fsp3) is 0.857. The van der Waals surface area contributed by atoms with E-state index < -0.39 is 5.60 Å². The summed E-state index contributed by atoms with van der Waals surface area (Å²) in [6.45, 7) is 9.47. The molecule has 108 valence electrons. The molecule has 2 aliphatic rings. The summed E-state index contributed by atoms with van der Waals surface area (Å²) in [5, 5.41) is 0. The van der Waals surface area contributed by atoms with E-state index in [9.17, 15) is 9.59 Å². The standard InChI is InChI=1S/C14H24N2O3/c1-5-19-14(3,4)9-16-10(2)12(17)15-8-6-7-11(15)13(16)18/h10-11H,5-9H2,1-4H3. The SMILES string of the molecule is CCOC(C)(C)CN1C(=O)C2CCCN2C(=O)C1C. The molecule has 2 saturated heterocycles. The van der Waals surface area contributed by atoms with Crippen LogP contribution in [-0.2, 0) is 14.3 Å². The topological polar surface area (TPSA) is 49.9 Å². The van der Waals surface area contributed by atoms with Crippen molar-refractivity contribution in [3.63, 3.8) is 0 Å². The van der Waals surface area contributed by atoms with Crippen LogP contribution in [0, 0.1) is 0 Å². The molecule has 2 heterocycles. The molecule has 2 unspecified atom stereocenters. The number of amides is 2. The second-order valence-electron chi connectivity index (χ2n) is 6.02. The minimum atomic E-state index is -0.417.